The summed E-state index contributed by atoms with van der Waals surface area (Å²) in [5, 5.41) is 0. The highest BCUT2D eigenvalue weighted by Crippen LogP contribution is 2.48. The second-order valence-electron chi connectivity index (χ2n) is 2.77. The second-order valence-corrected chi connectivity index (χ2v) is 2.77. The maximum Gasteiger partial charge on any atom is 0.485 e. The Morgan fingerprint density at radius 3 is 0.947 bits per heavy atom. The van der Waals surface area contributed by atoms with Crippen LogP contribution in [0.2, 0.25) is 0 Å². The van der Waals surface area contributed by atoms with Gasteiger partial charge in [0.15, 0.2) is 0 Å². The largest absolute Gasteiger partial charge is 0.485 e. The first-order chi connectivity index (χ1) is 7.96. The predicted molar refractivity (Wildman–Crippen MR) is 29.1 cm³/mol. The Labute approximate surface area is 94.3 Å². The highest BCUT2D eigenvalue weighted by molar-refractivity contribution is 4.84. The van der Waals surface area contributed by atoms with Crippen molar-refractivity contribution >= 4 is 0 Å². The SMILES string of the molecule is FC(F)(F)C(F)(F)OOC(F)(C(F)(F)F)C(F)(F)F. The second kappa shape index (κ2) is 4.57. The van der Waals surface area contributed by atoms with Crippen LogP contribution < -0.4 is 0 Å². The molecule has 19 heavy (non-hydrogen) atoms. The van der Waals surface area contributed by atoms with Crippen molar-refractivity contribution in [3.05, 3.63) is 0 Å². The molecule has 0 radical (unpaired) electrons. The molecule has 0 saturated heterocycles. The zero-order valence-electron chi connectivity index (χ0n) is 7.85. The fourth-order valence-corrected chi connectivity index (χ4v) is 0.412. The first kappa shape index (κ1) is 18.1. The first-order valence-electron chi connectivity index (χ1n) is 3.59. The molecular weight excluding hydrogens is 320 g/mol. The van der Waals surface area contributed by atoms with Gasteiger partial charge in [-0.15, -0.1) is 4.89 Å². The molecule has 0 aliphatic rings. The molecule has 0 saturated carbocycles. The van der Waals surface area contributed by atoms with Crippen LogP contribution in [0.4, 0.5) is 52.7 Å². The van der Waals surface area contributed by atoms with Crippen LogP contribution in [-0.2, 0) is 9.78 Å². The lowest BCUT2D eigenvalue weighted by atomic mass is 10.3. The number of hydrogen-bond donors (Lipinski definition) is 0. The van der Waals surface area contributed by atoms with Crippen LogP contribution in [0.25, 0.3) is 0 Å². The fraction of sp³-hybridized carbons (Fsp3) is 1.00. The van der Waals surface area contributed by atoms with Crippen molar-refractivity contribution in [1.29, 1.82) is 0 Å². The monoisotopic (exact) mass is 320 g/mol. The van der Waals surface area contributed by atoms with Crippen LogP contribution in [0.15, 0.2) is 0 Å². The van der Waals surface area contributed by atoms with Crippen LogP contribution in [0, 0.1) is 0 Å². The van der Waals surface area contributed by atoms with Crippen LogP contribution >= 0.6 is 0 Å². The predicted octanol–water partition coefficient (Wildman–Crippen LogP) is 3.88. The third-order valence-electron chi connectivity index (χ3n) is 1.32. The average molecular weight is 320 g/mol. The van der Waals surface area contributed by atoms with Crippen molar-refractivity contribution in [2.24, 2.45) is 0 Å². The smallest absolute Gasteiger partial charge is 0.188 e. The van der Waals surface area contributed by atoms with Gasteiger partial charge < -0.3 is 0 Å². The first-order valence-corrected chi connectivity index (χ1v) is 3.59. The van der Waals surface area contributed by atoms with Crippen LogP contribution in [0.3, 0.4) is 0 Å². The summed E-state index contributed by atoms with van der Waals surface area (Å²) in [5.74, 6) is -6.85. The van der Waals surface area contributed by atoms with Gasteiger partial charge in [0.05, 0.1) is 0 Å². The summed E-state index contributed by atoms with van der Waals surface area (Å²) in [6.07, 6.45) is -27.3. The Morgan fingerprint density at radius 1 is 0.421 bits per heavy atom. The molecule has 0 aliphatic carbocycles. The molecule has 0 heterocycles. The Kier molecular flexibility index (Phi) is 4.35. The molecule has 0 aliphatic heterocycles. The molecule has 0 aromatic rings. The zero-order valence-corrected chi connectivity index (χ0v) is 7.85. The number of alkyl halides is 12. The van der Waals surface area contributed by atoms with E-state index in [1.54, 1.807) is 9.78 Å². The number of halogens is 12. The minimum Gasteiger partial charge on any atom is -0.188 e. The van der Waals surface area contributed by atoms with E-state index in [4.69, 9.17) is 0 Å². The summed E-state index contributed by atoms with van der Waals surface area (Å²) in [6.45, 7) is 0. The summed E-state index contributed by atoms with van der Waals surface area (Å²) in [7, 11) is 0. The molecule has 0 bridgehead atoms. The number of rotatable bonds is 3. The Balaban J connectivity index is 5.22. The van der Waals surface area contributed by atoms with Crippen molar-refractivity contribution in [1.82, 2.24) is 0 Å². The summed E-state index contributed by atoms with van der Waals surface area (Å²) < 4.78 is 140. The van der Waals surface area contributed by atoms with E-state index >= 15 is 0 Å². The van der Waals surface area contributed by atoms with E-state index < -0.39 is 30.5 Å². The van der Waals surface area contributed by atoms with E-state index in [2.05, 4.69) is 0 Å². The van der Waals surface area contributed by atoms with Gasteiger partial charge in [0.2, 0.25) is 0 Å². The van der Waals surface area contributed by atoms with Gasteiger partial charge >= 0.3 is 30.5 Å². The highest BCUT2D eigenvalue weighted by atomic mass is 19.4. The van der Waals surface area contributed by atoms with Gasteiger partial charge in [-0.3, -0.25) is 0 Å². The van der Waals surface area contributed by atoms with Crippen molar-refractivity contribution in [3.8, 4) is 0 Å². The highest BCUT2D eigenvalue weighted by Gasteiger charge is 2.77. The zero-order chi connectivity index (χ0) is 15.9. The molecule has 0 atom stereocenters. The van der Waals surface area contributed by atoms with Gasteiger partial charge in [-0.25, -0.2) is 0 Å². The minimum absolute atomic E-state index is 1.64. The van der Waals surface area contributed by atoms with Gasteiger partial charge in [-0.1, -0.05) is 0 Å². The lowest BCUT2D eigenvalue weighted by Crippen LogP contribution is -2.57. The Hall–Kier alpha value is -0.920. The van der Waals surface area contributed by atoms with Crippen molar-refractivity contribution < 1.29 is 62.5 Å². The third kappa shape index (κ3) is 3.55. The molecule has 0 N–H and O–H groups in total. The number of hydrogen-bond acceptors (Lipinski definition) is 2. The minimum atomic E-state index is -7.01. The van der Waals surface area contributed by atoms with E-state index in [-0.39, 0.29) is 0 Å². The van der Waals surface area contributed by atoms with Crippen molar-refractivity contribution in [2.75, 3.05) is 0 Å². The lowest BCUT2D eigenvalue weighted by Gasteiger charge is -2.29. The topological polar surface area (TPSA) is 18.5 Å². The maximum absolute atomic E-state index is 12.4. The Morgan fingerprint density at radius 2 is 0.737 bits per heavy atom. The molecule has 2 nitrogen and oxygen atoms in total. The summed E-state index contributed by atoms with van der Waals surface area (Å²) in [6, 6.07) is 0. The van der Waals surface area contributed by atoms with Crippen LogP contribution in [0.5, 0.6) is 0 Å². The van der Waals surface area contributed by atoms with E-state index in [0.29, 0.717) is 0 Å². The van der Waals surface area contributed by atoms with E-state index in [1.165, 1.54) is 0 Å². The van der Waals surface area contributed by atoms with Gasteiger partial charge in [0, 0.05) is 0 Å². The molecule has 116 valence electrons. The van der Waals surface area contributed by atoms with E-state index in [1.807, 2.05) is 0 Å². The summed E-state index contributed by atoms with van der Waals surface area (Å²) >= 11 is 0. The lowest BCUT2D eigenvalue weighted by molar-refractivity contribution is -0.591. The van der Waals surface area contributed by atoms with Crippen molar-refractivity contribution in [3.63, 3.8) is 0 Å². The van der Waals surface area contributed by atoms with Gasteiger partial charge in [0.1, 0.15) is 0 Å². The fourth-order valence-electron chi connectivity index (χ4n) is 0.412. The summed E-state index contributed by atoms with van der Waals surface area (Å²) in [4.78, 5) is 3.30. The van der Waals surface area contributed by atoms with Gasteiger partial charge in [-0.05, 0) is 0 Å². The Bertz CT molecular complexity index is 296. The molecule has 0 spiro atoms. The summed E-state index contributed by atoms with van der Waals surface area (Å²) in [5.41, 5.74) is 0. The molecule has 0 fully saturated rings. The van der Waals surface area contributed by atoms with Crippen LogP contribution in [-0.4, -0.2) is 30.5 Å². The molecule has 14 heteroatoms. The van der Waals surface area contributed by atoms with Crippen molar-refractivity contribution in [2.45, 2.75) is 30.5 Å². The van der Waals surface area contributed by atoms with Gasteiger partial charge in [0.25, 0.3) is 0 Å². The molecule has 0 amide bonds. The van der Waals surface area contributed by atoms with E-state index in [9.17, 15) is 52.7 Å². The van der Waals surface area contributed by atoms with Gasteiger partial charge in [-0.2, -0.15) is 57.6 Å². The molecule has 0 unspecified atom stereocenters. The maximum atomic E-state index is 12.4. The molecular formula is C5F12O2. The average Bonchev–Trinajstić information content (AvgIpc) is 2.08. The quantitative estimate of drug-likeness (QED) is 0.446. The molecule has 0 aromatic heterocycles. The van der Waals surface area contributed by atoms with E-state index in [0.717, 1.165) is 0 Å². The standard InChI is InChI=1S/C5F12O2/c6-1(2(7,8)9,3(10,11)12)18-19-5(16,17)4(13,14)15. The third-order valence-corrected chi connectivity index (χ3v) is 1.32. The molecule has 0 rings (SSSR count). The normalized spacial score (nSPS) is 15.8. The van der Waals surface area contributed by atoms with Crippen LogP contribution in [0.1, 0.15) is 0 Å². The molecule has 0 aromatic carbocycles.